The maximum atomic E-state index is 6.15. The molecule has 2 N–H and O–H groups in total. The molecule has 0 saturated heterocycles. The van der Waals surface area contributed by atoms with Gasteiger partial charge in [0.25, 0.3) is 0 Å². The third-order valence-electron chi connectivity index (χ3n) is 2.87. The number of halogens is 1. The van der Waals surface area contributed by atoms with E-state index in [0.29, 0.717) is 5.92 Å². The summed E-state index contributed by atoms with van der Waals surface area (Å²) in [6.07, 6.45) is 2.07. The van der Waals surface area contributed by atoms with Gasteiger partial charge >= 0.3 is 0 Å². The molecule has 90 valence electrons. The minimum Gasteiger partial charge on any atom is -0.493 e. The van der Waals surface area contributed by atoms with Crippen LogP contribution in [-0.2, 0) is 6.42 Å². The minimum absolute atomic E-state index is 0. The highest BCUT2D eigenvalue weighted by molar-refractivity contribution is 5.85. The Kier molecular flexibility index (Phi) is 4.63. The van der Waals surface area contributed by atoms with E-state index >= 15 is 0 Å². The largest absolute Gasteiger partial charge is 0.493 e. The second-order valence-electron chi connectivity index (χ2n) is 4.70. The number of nitrogens with two attached hydrogens (primary N) is 1. The lowest BCUT2D eigenvalue weighted by Crippen LogP contribution is -2.12. The molecule has 1 aliphatic rings. The normalized spacial score (nSPS) is 15.2. The number of rotatable bonds is 3. The molecule has 0 spiro atoms. The van der Waals surface area contributed by atoms with E-state index in [2.05, 4.69) is 32.0 Å². The number of benzene rings is 1. The van der Waals surface area contributed by atoms with Crippen LogP contribution in [-0.4, -0.2) is 6.61 Å². The van der Waals surface area contributed by atoms with E-state index in [4.69, 9.17) is 10.5 Å². The number of ether oxygens (including phenoxy) is 1. The van der Waals surface area contributed by atoms with Gasteiger partial charge < -0.3 is 10.5 Å². The molecule has 0 unspecified atom stereocenters. The molecule has 0 aliphatic carbocycles. The fraction of sp³-hybridized carbons (Fsp3) is 0.538. The molecule has 1 aliphatic heterocycles. The van der Waals surface area contributed by atoms with Gasteiger partial charge in [-0.1, -0.05) is 26.0 Å². The van der Waals surface area contributed by atoms with E-state index in [1.54, 1.807) is 0 Å². The van der Waals surface area contributed by atoms with Gasteiger partial charge in [0, 0.05) is 12.5 Å². The zero-order valence-corrected chi connectivity index (χ0v) is 10.7. The first kappa shape index (κ1) is 13.3. The Morgan fingerprint density at radius 1 is 1.38 bits per heavy atom. The molecule has 0 saturated carbocycles. The van der Waals surface area contributed by atoms with Crippen LogP contribution >= 0.6 is 12.4 Å². The Hall–Kier alpha value is -0.730. The van der Waals surface area contributed by atoms with Crippen molar-refractivity contribution in [3.63, 3.8) is 0 Å². The number of hydrogen-bond acceptors (Lipinski definition) is 2. The third kappa shape index (κ3) is 2.89. The van der Waals surface area contributed by atoms with Crippen LogP contribution < -0.4 is 10.5 Å². The van der Waals surface area contributed by atoms with Crippen molar-refractivity contribution in [2.45, 2.75) is 32.7 Å². The van der Waals surface area contributed by atoms with Crippen molar-refractivity contribution in [3.05, 3.63) is 29.3 Å². The maximum absolute atomic E-state index is 6.15. The van der Waals surface area contributed by atoms with Crippen molar-refractivity contribution < 1.29 is 4.74 Å². The van der Waals surface area contributed by atoms with Gasteiger partial charge in [-0.15, -0.1) is 12.4 Å². The first-order valence-corrected chi connectivity index (χ1v) is 5.68. The topological polar surface area (TPSA) is 35.2 Å². The fourth-order valence-corrected chi connectivity index (χ4v) is 2.08. The molecular weight excluding hydrogens is 222 g/mol. The molecule has 0 bridgehead atoms. The van der Waals surface area contributed by atoms with Crippen molar-refractivity contribution in [1.29, 1.82) is 0 Å². The Balaban J connectivity index is 0.00000128. The van der Waals surface area contributed by atoms with Crippen LogP contribution in [0.4, 0.5) is 0 Å². The summed E-state index contributed by atoms with van der Waals surface area (Å²) in [5, 5.41) is 0. The average molecular weight is 242 g/mol. The van der Waals surface area contributed by atoms with Gasteiger partial charge in [-0.25, -0.2) is 0 Å². The van der Waals surface area contributed by atoms with Crippen molar-refractivity contribution in [2.75, 3.05) is 6.61 Å². The van der Waals surface area contributed by atoms with Crippen LogP contribution in [0.3, 0.4) is 0 Å². The summed E-state index contributed by atoms with van der Waals surface area (Å²) >= 11 is 0. The van der Waals surface area contributed by atoms with Crippen LogP contribution in [0.15, 0.2) is 18.2 Å². The molecular formula is C13H20ClNO. The predicted octanol–water partition coefficient (Wildman–Crippen LogP) is 3.09. The van der Waals surface area contributed by atoms with E-state index < -0.39 is 0 Å². The van der Waals surface area contributed by atoms with Gasteiger partial charge in [0.05, 0.1) is 6.61 Å². The Bertz CT molecular complexity index is 352. The van der Waals surface area contributed by atoms with Gasteiger partial charge in [0.15, 0.2) is 0 Å². The SMILES string of the molecule is CC(C)C[C@H](N)c1ccc2c(c1)CCO2.Cl. The molecule has 1 atom stereocenters. The van der Waals surface area contributed by atoms with E-state index in [0.717, 1.165) is 25.2 Å². The van der Waals surface area contributed by atoms with Crippen molar-refractivity contribution in [2.24, 2.45) is 11.7 Å². The average Bonchev–Trinajstić information content (AvgIpc) is 2.62. The zero-order chi connectivity index (χ0) is 10.8. The van der Waals surface area contributed by atoms with Gasteiger partial charge in [0.1, 0.15) is 5.75 Å². The maximum Gasteiger partial charge on any atom is 0.122 e. The summed E-state index contributed by atoms with van der Waals surface area (Å²) in [5.74, 6) is 1.68. The lowest BCUT2D eigenvalue weighted by Gasteiger charge is -2.15. The quantitative estimate of drug-likeness (QED) is 0.883. The van der Waals surface area contributed by atoms with E-state index in [9.17, 15) is 0 Å². The van der Waals surface area contributed by atoms with E-state index in [-0.39, 0.29) is 18.4 Å². The van der Waals surface area contributed by atoms with Gasteiger partial charge in [-0.3, -0.25) is 0 Å². The van der Waals surface area contributed by atoms with E-state index in [1.165, 1.54) is 11.1 Å². The molecule has 2 nitrogen and oxygen atoms in total. The zero-order valence-electron chi connectivity index (χ0n) is 9.90. The smallest absolute Gasteiger partial charge is 0.122 e. The summed E-state index contributed by atoms with van der Waals surface area (Å²) in [7, 11) is 0. The molecule has 1 aromatic carbocycles. The second kappa shape index (κ2) is 5.55. The molecule has 0 aromatic heterocycles. The lowest BCUT2D eigenvalue weighted by atomic mass is 9.96. The van der Waals surface area contributed by atoms with Crippen LogP contribution in [0.5, 0.6) is 5.75 Å². The summed E-state index contributed by atoms with van der Waals surface area (Å²) in [6.45, 7) is 5.23. The van der Waals surface area contributed by atoms with Crippen molar-refractivity contribution >= 4 is 12.4 Å². The van der Waals surface area contributed by atoms with Crippen LogP contribution in [0, 0.1) is 5.92 Å². The number of hydrogen-bond donors (Lipinski definition) is 1. The third-order valence-corrected chi connectivity index (χ3v) is 2.87. The van der Waals surface area contributed by atoms with E-state index in [1.807, 2.05) is 0 Å². The molecule has 0 fully saturated rings. The van der Waals surface area contributed by atoms with Crippen LogP contribution in [0.1, 0.15) is 37.4 Å². The van der Waals surface area contributed by atoms with Crippen molar-refractivity contribution in [3.8, 4) is 5.75 Å². The Labute approximate surface area is 104 Å². The Morgan fingerprint density at radius 3 is 2.81 bits per heavy atom. The lowest BCUT2D eigenvalue weighted by molar-refractivity contribution is 0.356. The minimum atomic E-state index is 0. The molecule has 2 rings (SSSR count). The number of fused-ring (bicyclic) bond motifs is 1. The Morgan fingerprint density at radius 2 is 2.12 bits per heavy atom. The predicted molar refractivity (Wildman–Crippen MR) is 69.3 cm³/mol. The molecule has 16 heavy (non-hydrogen) atoms. The summed E-state index contributed by atoms with van der Waals surface area (Å²) in [4.78, 5) is 0. The monoisotopic (exact) mass is 241 g/mol. The molecule has 1 aromatic rings. The highest BCUT2D eigenvalue weighted by atomic mass is 35.5. The van der Waals surface area contributed by atoms with Gasteiger partial charge in [-0.05, 0) is 29.5 Å². The molecule has 0 radical (unpaired) electrons. The fourth-order valence-electron chi connectivity index (χ4n) is 2.08. The van der Waals surface area contributed by atoms with Gasteiger partial charge in [-0.2, -0.15) is 0 Å². The first-order chi connectivity index (χ1) is 7.16. The highest BCUT2D eigenvalue weighted by Crippen LogP contribution is 2.29. The summed E-state index contributed by atoms with van der Waals surface area (Å²) in [5.41, 5.74) is 8.70. The van der Waals surface area contributed by atoms with Gasteiger partial charge in [0.2, 0.25) is 0 Å². The molecule has 0 amide bonds. The van der Waals surface area contributed by atoms with Crippen LogP contribution in [0.25, 0.3) is 0 Å². The second-order valence-corrected chi connectivity index (χ2v) is 4.70. The standard InChI is InChI=1S/C13H19NO.ClH/c1-9(2)7-12(14)10-3-4-13-11(8-10)5-6-15-13;/h3-4,8-9,12H,5-7,14H2,1-2H3;1H/t12-;/m0./s1. The molecule has 3 heteroatoms. The summed E-state index contributed by atoms with van der Waals surface area (Å²) < 4.78 is 5.47. The highest BCUT2D eigenvalue weighted by Gasteiger charge is 2.15. The first-order valence-electron chi connectivity index (χ1n) is 5.68. The van der Waals surface area contributed by atoms with Crippen molar-refractivity contribution in [1.82, 2.24) is 0 Å². The summed E-state index contributed by atoms with van der Waals surface area (Å²) in [6, 6.07) is 6.51. The van der Waals surface area contributed by atoms with Crippen LogP contribution in [0.2, 0.25) is 0 Å². The molecule has 1 heterocycles.